The summed E-state index contributed by atoms with van der Waals surface area (Å²) in [5.41, 5.74) is 0. The minimum Gasteiger partial charge on any atom is -0.361 e. The molecule has 0 saturated heterocycles. The van der Waals surface area contributed by atoms with Crippen molar-refractivity contribution < 1.29 is 8.78 Å². The summed E-state index contributed by atoms with van der Waals surface area (Å²) < 4.78 is 25.5. The van der Waals surface area contributed by atoms with Gasteiger partial charge < -0.3 is 4.90 Å². The Morgan fingerprint density at radius 3 is 2.23 bits per heavy atom. The van der Waals surface area contributed by atoms with Gasteiger partial charge >= 0.3 is 0 Å². The van der Waals surface area contributed by atoms with E-state index in [0.717, 1.165) is 0 Å². The fraction of sp³-hybridized carbons (Fsp3) is 0.889. The molecule has 0 bridgehead atoms. The zero-order chi connectivity index (χ0) is 10.1. The third-order valence-electron chi connectivity index (χ3n) is 2.76. The first kappa shape index (κ1) is 10.4. The van der Waals surface area contributed by atoms with E-state index < -0.39 is 5.92 Å². The van der Waals surface area contributed by atoms with Gasteiger partial charge in [0.15, 0.2) is 0 Å². The van der Waals surface area contributed by atoms with Crippen LogP contribution in [0.1, 0.15) is 32.6 Å². The van der Waals surface area contributed by atoms with Crippen LogP contribution in [0.5, 0.6) is 0 Å². The number of hydrogen-bond acceptors (Lipinski definition) is 1. The van der Waals surface area contributed by atoms with E-state index in [4.69, 9.17) is 5.41 Å². The Kier molecular flexibility index (Phi) is 2.88. The van der Waals surface area contributed by atoms with Crippen molar-refractivity contribution in [2.45, 2.75) is 44.6 Å². The van der Waals surface area contributed by atoms with Crippen molar-refractivity contribution in [3.8, 4) is 0 Å². The van der Waals surface area contributed by atoms with Crippen LogP contribution in [-0.2, 0) is 0 Å². The van der Waals surface area contributed by atoms with Gasteiger partial charge in [0.1, 0.15) is 0 Å². The summed E-state index contributed by atoms with van der Waals surface area (Å²) in [5, 5.41) is 7.37. The molecule has 0 radical (unpaired) electrons. The van der Waals surface area contributed by atoms with Crippen LogP contribution in [0.4, 0.5) is 8.78 Å². The third kappa shape index (κ3) is 2.64. The third-order valence-corrected chi connectivity index (χ3v) is 2.76. The molecule has 0 aromatic carbocycles. The maximum Gasteiger partial charge on any atom is 0.248 e. The van der Waals surface area contributed by atoms with Crippen LogP contribution in [0.25, 0.3) is 0 Å². The molecule has 0 spiro atoms. The second-order valence-electron chi connectivity index (χ2n) is 3.78. The molecule has 1 aliphatic rings. The molecule has 1 saturated carbocycles. The standard InChI is InChI=1S/C9H16F2N2/c1-7(12)13(2)8-3-5-9(10,11)6-4-8/h8,12H,3-6H2,1-2H3. The number of amidine groups is 1. The Labute approximate surface area is 77.4 Å². The molecular formula is C9H16F2N2. The van der Waals surface area contributed by atoms with E-state index in [1.807, 2.05) is 0 Å². The van der Waals surface area contributed by atoms with E-state index >= 15 is 0 Å². The van der Waals surface area contributed by atoms with Crippen molar-refractivity contribution in [1.29, 1.82) is 5.41 Å². The van der Waals surface area contributed by atoms with Crippen molar-refractivity contribution in [2.75, 3.05) is 7.05 Å². The SMILES string of the molecule is CC(=N)N(C)C1CCC(F)(F)CC1. The first-order valence-electron chi connectivity index (χ1n) is 4.58. The highest BCUT2D eigenvalue weighted by molar-refractivity contribution is 5.76. The van der Waals surface area contributed by atoms with Gasteiger partial charge in [-0.05, 0) is 19.8 Å². The summed E-state index contributed by atoms with van der Waals surface area (Å²) in [5.74, 6) is -2.01. The monoisotopic (exact) mass is 190 g/mol. The molecule has 0 aromatic rings. The van der Waals surface area contributed by atoms with Crippen molar-refractivity contribution in [1.82, 2.24) is 4.90 Å². The number of nitrogens with one attached hydrogen (secondary N) is 1. The Bertz CT molecular complexity index is 194. The molecule has 0 heterocycles. The number of nitrogens with zero attached hydrogens (tertiary/aromatic N) is 1. The fourth-order valence-electron chi connectivity index (χ4n) is 1.69. The normalized spacial score (nSPS) is 22.8. The minimum atomic E-state index is -2.47. The topological polar surface area (TPSA) is 27.1 Å². The van der Waals surface area contributed by atoms with Crippen molar-refractivity contribution in [2.24, 2.45) is 0 Å². The van der Waals surface area contributed by atoms with Gasteiger partial charge in [-0.3, -0.25) is 5.41 Å². The van der Waals surface area contributed by atoms with Gasteiger partial charge in [-0.25, -0.2) is 8.78 Å². The molecule has 1 rings (SSSR count). The molecule has 76 valence electrons. The predicted octanol–water partition coefficient (Wildman–Crippen LogP) is 2.49. The zero-order valence-electron chi connectivity index (χ0n) is 8.11. The quantitative estimate of drug-likeness (QED) is 0.499. The lowest BCUT2D eigenvalue weighted by Gasteiger charge is -2.35. The lowest BCUT2D eigenvalue weighted by Crippen LogP contribution is -2.40. The van der Waals surface area contributed by atoms with Crippen molar-refractivity contribution in [3.63, 3.8) is 0 Å². The van der Waals surface area contributed by atoms with E-state index in [1.165, 1.54) is 0 Å². The van der Waals surface area contributed by atoms with Gasteiger partial charge in [0.2, 0.25) is 5.92 Å². The Morgan fingerprint density at radius 2 is 1.85 bits per heavy atom. The lowest BCUT2D eigenvalue weighted by molar-refractivity contribution is -0.0462. The van der Waals surface area contributed by atoms with Crippen LogP contribution in [0.2, 0.25) is 0 Å². The summed E-state index contributed by atoms with van der Waals surface area (Å²) in [4.78, 5) is 1.79. The largest absolute Gasteiger partial charge is 0.361 e. The number of alkyl halides is 2. The molecule has 0 atom stereocenters. The minimum absolute atomic E-state index is 0.0325. The molecule has 0 aromatic heterocycles. The maximum absolute atomic E-state index is 12.8. The first-order valence-corrected chi connectivity index (χ1v) is 4.58. The zero-order valence-corrected chi connectivity index (χ0v) is 8.11. The summed E-state index contributed by atoms with van der Waals surface area (Å²) in [6.45, 7) is 1.69. The van der Waals surface area contributed by atoms with Crippen molar-refractivity contribution >= 4 is 5.84 Å². The first-order chi connectivity index (χ1) is 5.92. The van der Waals surface area contributed by atoms with Crippen LogP contribution < -0.4 is 0 Å². The Balaban J connectivity index is 2.45. The number of rotatable bonds is 1. The highest BCUT2D eigenvalue weighted by atomic mass is 19.3. The molecule has 1 fully saturated rings. The van der Waals surface area contributed by atoms with E-state index in [9.17, 15) is 8.78 Å². The van der Waals surface area contributed by atoms with Gasteiger partial charge in [0.25, 0.3) is 0 Å². The number of halogens is 2. The van der Waals surface area contributed by atoms with Crippen LogP contribution in [-0.4, -0.2) is 29.7 Å². The predicted molar refractivity (Wildman–Crippen MR) is 48.4 cm³/mol. The molecular weight excluding hydrogens is 174 g/mol. The average molecular weight is 190 g/mol. The van der Waals surface area contributed by atoms with E-state index in [-0.39, 0.29) is 18.9 Å². The molecule has 1 N–H and O–H groups in total. The second-order valence-corrected chi connectivity index (χ2v) is 3.78. The van der Waals surface area contributed by atoms with Crippen molar-refractivity contribution in [3.05, 3.63) is 0 Å². The van der Waals surface area contributed by atoms with Gasteiger partial charge in [0, 0.05) is 25.9 Å². The molecule has 0 amide bonds. The molecule has 0 unspecified atom stereocenters. The summed E-state index contributed by atoms with van der Waals surface area (Å²) in [6.07, 6.45) is 0.935. The smallest absolute Gasteiger partial charge is 0.248 e. The Hall–Kier alpha value is -0.670. The van der Waals surface area contributed by atoms with Crippen LogP contribution in [0, 0.1) is 5.41 Å². The van der Waals surface area contributed by atoms with E-state index in [1.54, 1.807) is 18.9 Å². The second kappa shape index (κ2) is 3.60. The lowest BCUT2D eigenvalue weighted by atomic mass is 9.91. The van der Waals surface area contributed by atoms with Gasteiger partial charge in [-0.2, -0.15) is 0 Å². The summed E-state index contributed by atoms with van der Waals surface area (Å²) >= 11 is 0. The molecule has 4 heteroatoms. The number of hydrogen-bond donors (Lipinski definition) is 1. The van der Waals surface area contributed by atoms with E-state index in [2.05, 4.69) is 0 Å². The summed E-state index contributed by atoms with van der Waals surface area (Å²) in [6, 6.07) is 0.136. The average Bonchev–Trinajstić information content (AvgIpc) is 2.03. The maximum atomic E-state index is 12.8. The molecule has 0 aliphatic heterocycles. The fourth-order valence-corrected chi connectivity index (χ4v) is 1.69. The van der Waals surface area contributed by atoms with Crippen LogP contribution in [0.3, 0.4) is 0 Å². The molecule has 2 nitrogen and oxygen atoms in total. The van der Waals surface area contributed by atoms with Gasteiger partial charge in [-0.1, -0.05) is 0 Å². The van der Waals surface area contributed by atoms with Gasteiger partial charge in [-0.15, -0.1) is 0 Å². The van der Waals surface area contributed by atoms with E-state index in [0.29, 0.717) is 18.7 Å². The Morgan fingerprint density at radius 1 is 1.38 bits per heavy atom. The highest BCUT2D eigenvalue weighted by Gasteiger charge is 2.36. The molecule has 1 aliphatic carbocycles. The van der Waals surface area contributed by atoms with Gasteiger partial charge in [0.05, 0.1) is 5.84 Å². The van der Waals surface area contributed by atoms with Crippen LogP contribution in [0.15, 0.2) is 0 Å². The summed E-state index contributed by atoms with van der Waals surface area (Å²) in [7, 11) is 1.80. The highest BCUT2D eigenvalue weighted by Crippen LogP contribution is 2.34. The molecule has 13 heavy (non-hydrogen) atoms. The van der Waals surface area contributed by atoms with Crippen LogP contribution >= 0.6 is 0 Å².